The van der Waals surface area contributed by atoms with Crippen LogP contribution in [0, 0.1) is 0 Å². The van der Waals surface area contributed by atoms with E-state index in [9.17, 15) is 4.79 Å². The zero-order valence-electron chi connectivity index (χ0n) is 16.1. The molecule has 6 nitrogen and oxygen atoms in total. The molecule has 2 aliphatic heterocycles. The molecule has 1 fully saturated rings. The van der Waals surface area contributed by atoms with Gasteiger partial charge in [0, 0.05) is 37.2 Å². The Bertz CT molecular complexity index is 762. The number of anilines is 1. The van der Waals surface area contributed by atoms with Gasteiger partial charge in [-0.3, -0.25) is 9.48 Å². The van der Waals surface area contributed by atoms with Crippen LogP contribution in [0.4, 0.5) is 5.69 Å². The number of fused-ring (bicyclic) bond motifs is 1. The highest BCUT2D eigenvalue weighted by Gasteiger charge is 2.41. The smallest absolute Gasteiger partial charge is 0.248 e. The monoisotopic (exact) mass is 425 g/mol. The number of piperidine rings is 1. The summed E-state index contributed by atoms with van der Waals surface area (Å²) < 4.78 is 1.84. The third-order valence-electron chi connectivity index (χ3n) is 5.78. The van der Waals surface area contributed by atoms with E-state index in [1.54, 1.807) is 6.20 Å². The lowest BCUT2D eigenvalue weighted by atomic mass is 9.87. The molecule has 1 atom stereocenters. The molecule has 0 saturated carbocycles. The van der Waals surface area contributed by atoms with Crippen molar-refractivity contribution in [2.24, 2.45) is 0 Å². The number of aromatic nitrogens is 2. The van der Waals surface area contributed by atoms with E-state index in [4.69, 9.17) is 0 Å². The first-order chi connectivity index (χ1) is 12.7. The molecular weight excluding hydrogens is 397 g/mol. The molecule has 4 rings (SSSR count). The van der Waals surface area contributed by atoms with Crippen LogP contribution in [-0.4, -0.2) is 47.9 Å². The van der Waals surface area contributed by atoms with E-state index in [0.717, 1.165) is 38.9 Å². The Morgan fingerprint density at radius 1 is 1.25 bits per heavy atom. The average Bonchev–Trinajstić information content (AvgIpc) is 3.31. The van der Waals surface area contributed by atoms with Gasteiger partial charge in [-0.05, 0) is 57.0 Å². The molecule has 1 aromatic heterocycles. The first-order valence-corrected chi connectivity index (χ1v) is 9.54. The summed E-state index contributed by atoms with van der Waals surface area (Å²) in [7, 11) is 0. The highest BCUT2D eigenvalue weighted by molar-refractivity contribution is 5.86. The maximum Gasteiger partial charge on any atom is 0.248 e. The first-order valence-electron chi connectivity index (χ1n) is 9.54. The van der Waals surface area contributed by atoms with Crippen LogP contribution in [0.15, 0.2) is 42.7 Å². The van der Waals surface area contributed by atoms with Gasteiger partial charge >= 0.3 is 0 Å². The van der Waals surface area contributed by atoms with Crippen LogP contribution in [-0.2, 0) is 16.8 Å². The molecule has 154 valence electrons. The normalized spacial score (nSPS) is 19.9. The second kappa shape index (κ2) is 9.63. The Morgan fingerprint density at radius 2 is 2.00 bits per heavy atom. The van der Waals surface area contributed by atoms with Crippen molar-refractivity contribution >= 4 is 36.4 Å². The molecule has 0 radical (unpaired) electrons. The Balaban J connectivity index is 0.00000140. The van der Waals surface area contributed by atoms with Crippen molar-refractivity contribution in [3.63, 3.8) is 0 Å². The standard InChI is InChI=1S/C20H27N5O.2ClH/c1-16-15-17-5-2-3-6-18(17)24(16)14-12-22-19(26)20(7-10-21-11-8-20)25-13-4-9-23-25;;/h2-6,9,13,16,21H,7-8,10-12,14-15H2,1H3,(H,22,26);2*1H. The number of hydrogen-bond donors (Lipinski definition) is 2. The second-order valence-corrected chi connectivity index (χ2v) is 7.36. The van der Waals surface area contributed by atoms with Gasteiger partial charge in [0.2, 0.25) is 5.91 Å². The molecule has 1 amide bonds. The van der Waals surface area contributed by atoms with Gasteiger partial charge in [0.1, 0.15) is 5.54 Å². The van der Waals surface area contributed by atoms with E-state index in [1.807, 2.05) is 16.9 Å². The van der Waals surface area contributed by atoms with E-state index in [1.165, 1.54) is 11.3 Å². The molecule has 1 aromatic carbocycles. The van der Waals surface area contributed by atoms with Gasteiger partial charge in [-0.2, -0.15) is 5.10 Å². The Hall–Kier alpha value is -1.76. The van der Waals surface area contributed by atoms with Gasteiger partial charge in [0.25, 0.3) is 0 Å². The van der Waals surface area contributed by atoms with Crippen LogP contribution in [0.2, 0.25) is 0 Å². The zero-order chi connectivity index (χ0) is 18.0. The fourth-order valence-electron chi connectivity index (χ4n) is 4.35. The van der Waals surface area contributed by atoms with Crippen molar-refractivity contribution in [2.45, 2.75) is 37.8 Å². The van der Waals surface area contributed by atoms with E-state index >= 15 is 0 Å². The van der Waals surface area contributed by atoms with Crippen molar-refractivity contribution in [1.82, 2.24) is 20.4 Å². The van der Waals surface area contributed by atoms with Crippen LogP contribution in [0.3, 0.4) is 0 Å². The lowest BCUT2D eigenvalue weighted by molar-refractivity contribution is -0.131. The van der Waals surface area contributed by atoms with Crippen LogP contribution < -0.4 is 15.5 Å². The Labute approximate surface area is 178 Å². The minimum atomic E-state index is -0.566. The predicted molar refractivity (Wildman–Crippen MR) is 117 cm³/mol. The summed E-state index contributed by atoms with van der Waals surface area (Å²) >= 11 is 0. The lowest BCUT2D eigenvalue weighted by Crippen LogP contribution is -2.55. The number of hydrogen-bond acceptors (Lipinski definition) is 4. The van der Waals surface area contributed by atoms with Gasteiger partial charge in [0.05, 0.1) is 0 Å². The average molecular weight is 426 g/mol. The number of halogens is 2. The largest absolute Gasteiger partial charge is 0.367 e. The number of rotatable bonds is 5. The molecule has 1 saturated heterocycles. The Kier molecular flexibility index (Phi) is 7.75. The molecule has 3 heterocycles. The number of amides is 1. The van der Waals surface area contributed by atoms with Crippen LogP contribution in [0.5, 0.6) is 0 Å². The minimum Gasteiger partial charge on any atom is -0.367 e. The predicted octanol–water partition coefficient (Wildman–Crippen LogP) is 2.37. The summed E-state index contributed by atoms with van der Waals surface area (Å²) in [5, 5.41) is 10.9. The number of nitrogens with one attached hydrogen (secondary N) is 2. The number of carbonyl (C=O) groups is 1. The highest BCUT2D eigenvalue weighted by atomic mass is 35.5. The minimum absolute atomic E-state index is 0. The summed E-state index contributed by atoms with van der Waals surface area (Å²) in [6, 6.07) is 10.9. The fraction of sp³-hybridized carbons (Fsp3) is 0.500. The summed E-state index contributed by atoms with van der Waals surface area (Å²) in [6.45, 7) is 5.40. The third kappa shape index (κ3) is 4.14. The van der Waals surface area contributed by atoms with Crippen molar-refractivity contribution in [1.29, 1.82) is 0 Å². The molecule has 28 heavy (non-hydrogen) atoms. The molecule has 0 spiro atoms. The van der Waals surface area contributed by atoms with Crippen molar-refractivity contribution in [3.05, 3.63) is 48.3 Å². The molecule has 2 aromatic rings. The van der Waals surface area contributed by atoms with E-state index in [2.05, 4.69) is 51.8 Å². The summed E-state index contributed by atoms with van der Waals surface area (Å²) in [5.74, 6) is 0.0860. The van der Waals surface area contributed by atoms with Crippen molar-refractivity contribution in [3.8, 4) is 0 Å². The fourth-order valence-corrected chi connectivity index (χ4v) is 4.35. The molecular formula is C20H29Cl2N5O. The molecule has 2 N–H and O–H groups in total. The van der Waals surface area contributed by atoms with E-state index in [0.29, 0.717) is 12.6 Å². The number of carbonyl (C=O) groups excluding carboxylic acids is 1. The van der Waals surface area contributed by atoms with Crippen molar-refractivity contribution in [2.75, 3.05) is 31.1 Å². The molecule has 0 bridgehead atoms. The maximum atomic E-state index is 13.1. The summed E-state index contributed by atoms with van der Waals surface area (Å²) in [5.41, 5.74) is 2.14. The molecule has 8 heteroatoms. The second-order valence-electron chi connectivity index (χ2n) is 7.36. The lowest BCUT2D eigenvalue weighted by Gasteiger charge is -2.36. The van der Waals surface area contributed by atoms with Crippen LogP contribution >= 0.6 is 24.8 Å². The number of nitrogens with zero attached hydrogens (tertiary/aromatic N) is 3. The summed E-state index contributed by atoms with van der Waals surface area (Å²) in [6.07, 6.45) is 6.27. The van der Waals surface area contributed by atoms with Gasteiger partial charge in [-0.15, -0.1) is 24.8 Å². The van der Waals surface area contributed by atoms with Crippen LogP contribution in [0.1, 0.15) is 25.3 Å². The SMILES string of the molecule is CC1Cc2ccccc2N1CCNC(=O)C1(n2cccn2)CCNCC1.Cl.Cl. The third-order valence-corrected chi connectivity index (χ3v) is 5.78. The topological polar surface area (TPSA) is 62.2 Å². The van der Waals surface area contributed by atoms with Gasteiger partial charge in [0.15, 0.2) is 0 Å². The number of para-hydroxylation sites is 1. The van der Waals surface area contributed by atoms with Gasteiger partial charge in [-0.1, -0.05) is 18.2 Å². The Morgan fingerprint density at radius 3 is 2.71 bits per heavy atom. The maximum absolute atomic E-state index is 13.1. The molecule has 1 unspecified atom stereocenters. The summed E-state index contributed by atoms with van der Waals surface area (Å²) in [4.78, 5) is 15.5. The van der Waals surface area contributed by atoms with Crippen molar-refractivity contribution < 1.29 is 4.79 Å². The molecule has 2 aliphatic rings. The number of benzene rings is 1. The van der Waals surface area contributed by atoms with Gasteiger partial charge in [-0.25, -0.2) is 0 Å². The van der Waals surface area contributed by atoms with E-state index < -0.39 is 5.54 Å². The first kappa shape index (κ1) is 22.5. The zero-order valence-corrected chi connectivity index (χ0v) is 17.8. The molecule has 0 aliphatic carbocycles. The highest BCUT2D eigenvalue weighted by Crippen LogP contribution is 2.31. The van der Waals surface area contributed by atoms with Gasteiger partial charge < -0.3 is 15.5 Å². The van der Waals surface area contributed by atoms with E-state index in [-0.39, 0.29) is 30.7 Å². The van der Waals surface area contributed by atoms with Crippen LogP contribution in [0.25, 0.3) is 0 Å². The quantitative estimate of drug-likeness (QED) is 0.771.